The van der Waals surface area contributed by atoms with E-state index in [-0.39, 0.29) is 12.0 Å². The molecule has 154 valence electrons. The summed E-state index contributed by atoms with van der Waals surface area (Å²) in [6.45, 7) is 4.10. The smallest absolute Gasteiger partial charge is 0.350 e. The highest BCUT2D eigenvalue weighted by Crippen LogP contribution is 2.35. The summed E-state index contributed by atoms with van der Waals surface area (Å²) < 4.78 is 35.1. The van der Waals surface area contributed by atoms with Gasteiger partial charge in [0.1, 0.15) is 0 Å². The summed E-state index contributed by atoms with van der Waals surface area (Å²) in [5.74, 6) is -3.49. The highest BCUT2D eigenvalue weighted by atomic mass is 19.1. The van der Waals surface area contributed by atoms with Crippen LogP contribution < -0.4 is 5.69 Å². The summed E-state index contributed by atoms with van der Waals surface area (Å²) in [4.78, 5) is 49.9. The van der Waals surface area contributed by atoms with E-state index in [2.05, 4.69) is 14.5 Å². The Labute approximate surface area is 159 Å². The number of halogens is 1. The topological polar surface area (TPSA) is 123 Å². The number of aromatic nitrogens is 2. The number of hydrogen-bond acceptors (Lipinski definition) is 9. The maximum absolute atomic E-state index is 14.4. The maximum atomic E-state index is 14.4. The second-order valence-electron chi connectivity index (χ2n) is 6.30. The minimum absolute atomic E-state index is 0.239. The highest BCUT2D eigenvalue weighted by molar-refractivity contribution is 5.77. The van der Waals surface area contributed by atoms with Gasteiger partial charge in [0.2, 0.25) is 0 Å². The van der Waals surface area contributed by atoms with Gasteiger partial charge < -0.3 is 18.9 Å². The number of carbonyl (C=O) groups is 3. The van der Waals surface area contributed by atoms with Crippen LogP contribution in [-0.2, 0) is 39.8 Å². The molecule has 0 spiro atoms. The van der Waals surface area contributed by atoms with Crippen LogP contribution in [0.2, 0.25) is 0 Å². The van der Waals surface area contributed by atoms with E-state index >= 15 is 0 Å². The van der Waals surface area contributed by atoms with Crippen molar-refractivity contribution in [1.82, 2.24) is 9.55 Å². The Kier molecular flexibility index (Phi) is 6.84. The van der Waals surface area contributed by atoms with Crippen LogP contribution in [0.5, 0.6) is 0 Å². The number of nitrogens with zero attached hydrogens (tertiary/aromatic N) is 2. The van der Waals surface area contributed by atoms with Crippen molar-refractivity contribution >= 4 is 17.9 Å². The molecule has 1 fully saturated rings. The van der Waals surface area contributed by atoms with Gasteiger partial charge in [-0.05, 0) is 6.92 Å². The van der Waals surface area contributed by atoms with Gasteiger partial charge in [0.15, 0.2) is 24.8 Å². The third-order valence-electron chi connectivity index (χ3n) is 4.34. The molecule has 0 aliphatic carbocycles. The van der Waals surface area contributed by atoms with Crippen molar-refractivity contribution in [1.29, 1.82) is 0 Å². The maximum Gasteiger partial charge on any atom is 0.350 e. The molecule has 1 aliphatic heterocycles. The molecule has 0 amide bonds. The summed E-state index contributed by atoms with van der Waals surface area (Å²) in [5, 5.41) is 0. The van der Waals surface area contributed by atoms with Gasteiger partial charge in [0, 0.05) is 19.0 Å². The molecule has 1 aromatic heterocycles. The average Bonchev–Trinajstić information content (AvgIpc) is 2.90. The molecule has 0 aromatic carbocycles. The third kappa shape index (κ3) is 4.91. The standard InChI is InChI=1S/C17H21FN2O8/c1-8-9(2)27-16(15(8)28-10(3)21)20-6-11(18)12(19-17(20)24)5-13(22)26-7-14(23)25-4/h6,8-9,15-16H,5,7H2,1-4H3/t8-,9-,15-,16-/m1/s1. The lowest BCUT2D eigenvalue weighted by molar-refractivity contribution is -0.156. The monoisotopic (exact) mass is 400 g/mol. The van der Waals surface area contributed by atoms with Gasteiger partial charge in [-0.3, -0.25) is 14.2 Å². The van der Waals surface area contributed by atoms with Crippen molar-refractivity contribution in [3.05, 3.63) is 28.2 Å². The van der Waals surface area contributed by atoms with E-state index in [0.29, 0.717) is 0 Å². The van der Waals surface area contributed by atoms with Crippen molar-refractivity contribution in [2.45, 2.75) is 45.6 Å². The quantitative estimate of drug-likeness (QED) is 0.484. The van der Waals surface area contributed by atoms with Crippen LogP contribution >= 0.6 is 0 Å². The fourth-order valence-electron chi connectivity index (χ4n) is 2.70. The molecular weight excluding hydrogens is 379 g/mol. The minimum atomic E-state index is -1.05. The van der Waals surface area contributed by atoms with Crippen LogP contribution in [0, 0.1) is 11.7 Å². The molecule has 28 heavy (non-hydrogen) atoms. The molecule has 2 heterocycles. The first kappa shape index (κ1) is 21.5. The molecule has 1 aromatic rings. The SMILES string of the molecule is COC(=O)COC(=O)Cc1nc(=O)n([C@@H]2O[C@H](C)[C@@H](C)[C@H]2OC(C)=O)cc1F. The number of esters is 3. The van der Waals surface area contributed by atoms with Crippen LogP contribution in [0.3, 0.4) is 0 Å². The predicted molar refractivity (Wildman–Crippen MR) is 89.4 cm³/mol. The van der Waals surface area contributed by atoms with Crippen LogP contribution in [0.15, 0.2) is 11.0 Å². The fraction of sp³-hybridized carbons (Fsp3) is 0.588. The van der Waals surface area contributed by atoms with E-state index in [0.717, 1.165) is 17.9 Å². The van der Waals surface area contributed by atoms with Crippen molar-refractivity contribution in [3.8, 4) is 0 Å². The van der Waals surface area contributed by atoms with Crippen LogP contribution in [-0.4, -0.2) is 53.4 Å². The van der Waals surface area contributed by atoms with E-state index in [9.17, 15) is 23.6 Å². The number of methoxy groups -OCH3 is 1. The summed E-state index contributed by atoms with van der Waals surface area (Å²) >= 11 is 0. The zero-order valence-electron chi connectivity index (χ0n) is 15.8. The lowest BCUT2D eigenvalue weighted by atomic mass is 10.0. The summed E-state index contributed by atoms with van der Waals surface area (Å²) in [6.07, 6.45) is -2.02. The highest BCUT2D eigenvalue weighted by Gasteiger charge is 2.43. The van der Waals surface area contributed by atoms with E-state index in [4.69, 9.17) is 9.47 Å². The Bertz CT molecular complexity index is 824. The van der Waals surface area contributed by atoms with E-state index < -0.39 is 60.5 Å². The van der Waals surface area contributed by atoms with Gasteiger partial charge in [-0.2, -0.15) is 4.98 Å². The van der Waals surface area contributed by atoms with Gasteiger partial charge in [0.25, 0.3) is 0 Å². The second-order valence-corrected chi connectivity index (χ2v) is 6.30. The molecule has 0 saturated carbocycles. The van der Waals surface area contributed by atoms with Crippen LogP contribution in [0.4, 0.5) is 4.39 Å². The molecule has 1 aliphatic rings. The summed E-state index contributed by atoms with van der Waals surface area (Å²) in [7, 11) is 1.12. The van der Waals surface area contributed by atoms with E-state index in [1.54, 1.807) is 13.8 Å². The number of carbonyl (C=O) groups excluding carboxylic acids is 3. The van der Waals surface area contributed by atoms with Crippen molar-refractivity contribution < 1.29 is 37.7 Å². The number of ether oxygens (including phenoxy) is 4. The molecule has 4 atom stereocenters. The van der Waals surface area contributed by atoms with Gasteiger partial charge in [-0.1, -0.05) is 6.92 Å². The van der Waals surface area contributed by atoms with Gasteiger partial charge in [-0.25, -0.2) is 14.0 Å². The largest absolute Gasteiger partial charge is 0.466 e. The van der Waals surface area contributed by atoms with E-state index in [1.165, 1.54) is 6.92 Å². The summed E-state index contributed by atoms with van der Waals surface area (Å²) in [6, 6.07) is 0. The van der Waals surface area contributed by atoms with Crippen LogP contribution in [0.1, 0.15) is 32.7 Å². The molecule has 0 unspecified atom stereocenters. The van der Waals surface area contributed by atoms with Crippen molar-refractivity contribution in [2.24, 2.45) is 5.92 Å². The Hall–Kier alpha value is -2.82. The lowest BCUT2D eigenvalue weighted by Gasteiger charge is -2.22. The van der Waals surface area contributed by atoms with Gasteiger partial charge >= 0.3 is 23.6 Å². The molecule has 2 rings (SSSR count). The van der Waals surface area contributed by atoms with Crippen molar-refractivity contribution in [3.63, 3.8) is 0 Å². The normalized spacial score (nSPS) is 23.9. The second kappa shape index (κ2) is 8.91. The molecule has 0 N–H and O–H groups in total. The summed E-state index contributed by atoms with van der Waals surface area (Å²) in [5.41, 5.74) is -1.33. The first-order valence-electron chi connectivity index (χ1n) is 8.46. The first-order chi connectivity index (χ1) is 13.1. The van der Waals surface area contributed by atoms with Crippen molar-refractivity contribution in [2.75, 3.05) is 13.7 Å². The number of hydrogen-bond donors (Lipinski definition) is 0. The molecule has 10 nitrogen and oxygen atoms in total. The fourth-order valence-corrected chi connectivity index (χ4v) is 2.70. The van der Waals surface area contributed by atoms with E-state index in [1.807, 2.05) is 0 Å². The zero-order chi connectivity index (χ0) is 21.0. The Morgan fingerprint density at radius 3 is 2.57 bits per heavy atom. The Morgan fingerprint density at radius 1 is 1.29 bits per heavy atom. The molecule has 0 radical (unpaired) electrons. The molecule has 1 saturated heterocycles. The zero-order valence-corrected chi connectivity index (χ0v) is 15.8. The van der Waals surface area contributed by atoms with Crippen LogP contribution in [0.25, 0.3) is 0 Å². The average molecular weight is 400 g/mol. The van der Waals surface area contributed by atoms with Gasteiger partial charge in [-0.15, -0.1) is 0 Å². The van der Waals surface area contributed by atoms with Gasteiger partial charge in [0.05, 0.1) is 25.3 Å². The first-order valence-corrected chi connectivity index (χ1v) is 8.46. The Morgan fingerprint density at radius 2 is 1.96 bits per heavy atom. The minimum Gasteiger partial charge on any atom is -0.466 e. The number of rotatable bonds is 6. The Balaban J connectivity index is 2.21. The molecule has 0 bridgehead atoms. The molecule has 11 heteroatoms. The third-order valence-corrected chi connectivity index (χ3v) is 4.34. The lowest BCUT2D eigenvalue weighted by Crippen LogP contribution is -2.36. The molecular formula is C17H21FN2O8. The predicted octanol–water partition coefficient (Wildman–Crippen LogP) is 0.126.